The molecule has 7 fully saturated rings. The number of alkyl halides is 3. The van der Waals surface area contributed by atoms with Gasteiger partial charge in [0.05, 0.1) is 31.6 Å². The van der Waals surface area contributed by atoms with Crippen LogP contribution in [0.2, 0.25) is 0 Å². The minimum atomic E-state index is -4.51. The Morgan fingerprint density at radius 2 is 1.33 bits per heavy atom. The molecular formula is C78H125F3N12O14. The quantitative estimate of drug-likeness (QED) is 0.140. The van der Waals surface area contributed by atoms with Gasteiger partial charge in [-0.05, 0) is 145 Å². The number of carbonyl (C=O) groups excluding carboxylic acids is 12. The standard InChI is InChI=1S/C78H125F3N12O14/c1-15-39-107-47-61-68(97)83-66(50(5)16-2)74(103)92(54-32-33-54)46-65(96)86(9)57-25-18-17-21-38-91(73(57)102)60(41-51-28-26-48(3)27-29-51)71(100)85(8)45-63(94)82-56(35-31-52-30-34-55(78(79,80)81)62(42-52)106-14)69(98)93-44-49(4)40-59(93)72(101)90(13)77(36-22-37-77)76(105)89(12)67(53-23-19-20-24-53)75(104)88(11)58(70(99)84(6)7)43-64(95)87(61)10/h17-18,48-62,66-67H,15-16,19-47H2,1-14H3,(H,82,94)(H,83,97)/b18-17-/t48?,49-,50-,51?,52?,55?,56-,57-,58-,59-,60-,61-,62?,66-,67-/m0/s1. The van der Waals surface area contributed by atoms with E-state index in [1.54, 1.807) is 6.92 Å². The van der Waals surface area contributed by atoms with E-state index in [-0.39, 0.29) is 108 Å². The van der Waals surface area contributed by atoms with Crippen LogP contribution in [0.15, 0.2) is 12.2 Å². The molecule has 602 valence electrons. The van der Waals surface area contributed by atoms with Gasteiger partial charge < -0.3 is 69.1 Å². The Hall–Kier alpha value is -6.91. The van der Waals surface area contributed by atoms with Crippen molar-refractivity contribution in [2.45, 2.75) is 267 Å². The van der Waals surface area contributed by atoms with Gasteiger partial charge in [-0.15, -0.1) is 0 Å². The van der Waals surface area contributed by atoms with E-state index in [9.17, 15) is 22.8 Å². The molecule has 3 unspecified atom stereocenters. The third-order valence-electron chi connectivity index (χ3n) is 25.2. The first-order chi connectivity index (χ1) is 50.6. The zero-order valence-corrected chi connectivity index (χ0v) is 66.2. The zero-order chi connectivity index (χ0) is 78.7. The molecule has 3 heterocycles. The number of methoxy groups -OCH3 is 1. The normalized spacial score (nSPS) is 32.0. The van der Waals surface area contributed by atoms with Gasteiger partial charge >= 0.3 is 6.18 Å². The SMILES string of the molecule is CCCOC[C@H]1C(=O)N[C@@H]([C@@H](C)CC)C(=O)N(C2CC2)CC(=O)N(C)[C@H]2C/C=C\CCN(C2=O)[C@@H](CC2CCC(C)CC2)C(=O)N(C)CC(=O)N[C@@H](CCC2CCC(C(F)(F)F)C(OC)C2)C(=O)N2C[C@@H](C)C[C@H]2C(=O)N(C)C2(CCC2)C(=O)N(C)[C@@H](C2CCCC2)C(=O)N(C)[C@H](C(=O)N(C)C)CC(=O)N1C. The highest BCUT2D eigenvalue weighted by atomic mass is 19.4. The molecule has 5 saturated carbocycles. The summed E-state index contributed by atoms with van der Waals surface area (Å²) in [6.07, 6.45) is 7.23. The van der Waals surface area contributed by atoms with Crippen LogP contribution < -0.4 is 10.6 Å². The van der Waals surface area contributed by atoms with Gasteiger partial charge in [0.25, 0.3) is 0 Å². The number of hydrogen-bond donors (Lipinski definition) is 2. The van der Waals surface area contributed by atoms with Gasteiger partial charge in [-0.25, -0.2) is 0 Å². The molecule has 29 heteroatoms. The Morgan fingerprint density at radius 1 is 0.664 bits per heavy atom. The number of halogens is 3. The fourth-order valence-corrected chi connectivity index (χ4v) is 17.7. The van der Waals surface area contributed by atoms with Crippen molar-refractivity contribution in [1.29, 1.82) is 0 Å². The number of rotatable bonds is 15. The van der Waals surface area contributed by atoms with Crippen LogP contribution in [0, 0.1) is 41.4 Å². The average Bonchev–Trinajstić information content (AvgIpc) is 1.61. The Kier molecular flexibility index (Phi) is 30.2. The van der Waals surface area contributed by atoms with Crippen molar-refractivity contribution in [3.63, 3.8) is 0 Å². The van der Waals surface area contributed by atoms with Crippen molar-refractivity contribution in [2.75, 3.05) is 103 Å². The van der Waals surface area contributed by atoms with Crippen LogP contribution in [-0.4, -0.2) is 295 Å². The average molecular weight is 1510 g/mol. The van der Waals surface area contributed by atoms with E-state index in [4.69, 9.17) is 9.47 Å². The van der Waals surface area contributed by atoms with Gasteiger partial charge in [0, 0.05) is 89.2 Å². The van der Waals surface area contributed by atoms with Crippen molar-refractivity contribution in [1.82, 2.24) is 59.6 Å². The molecule has 5 aliphatic carbocycles. The molecule has 2 bridgehead atoms. The Balaban J connectivity index is 1.20. The zero-order valence-electron chi connectivity index (χ0n) is 66.2. The van der Waals surface area contributed by atoms with Gasteiger partial charge in [-0.1, -0.05) is 91.7 Å². The number of carbonyl (C=O) groups is 12. The lowest BCUT2D eigenvalue weighted by Gasteiger charge is -2.51. The maximum atomic E-state index is 15.7. The van der Waals surface area contributed by atoms with Crippen molar-refractivity contribution < 1.29 is 80.2 Å². The third-order valence-corrected chi connectivity index (χ3v) is 25.2. The molecule has 13 atom stereocenters. The van der Waals surface area contributed by atoms with Gasteiger partial charge in [0.1, 0.15) is 60.4 Å². The van der Waals surface area contributed by atoms with E-state index in [0.29, 0.717) is 57.3 Å². The number of nitrogens with one attached hydrogen (secondary N) is 2. The van der Waals surface area contributed by atoms with Crippen LogP contribution in [0.4, 0.5) is 13.2 Å². The second-order valence-electron chi connectivity index (χ2n) is 33.0. The summed E-state index contributed by atoms with van der Waals surface area (Å²) >= 11 is 0. The molecule has 8 rings (SSSR count). The monoisotopic (exact) mass is 1510 g/mol. The molecule has 2 saturated heterocycles. The summed E-state index contributed by atoms with van der Waals surface area (Å²) in [5.41, 5.74) is -1.51. The maximum Gasteiger partial charge on any atom is 0.394 e. The van der Waals surface area contributed by atoms with Crippen molar-refractivity contribution in [3.05, 3.63) is 12.2 Å². The lowest BCUT2D eigenvalue weighted by molar-refractivity contribution is -0.215. The summed E-state index contributed by atoms with van der Waals surface area (Å²) < 4.78 is 54.4. The van der Waals surface area contributed by atoms with Gasteiger partial charge in [-0.2, -0.15) is 13.2 Å². The molecule has 8 aliphatic rings. The minimum Gasteiger partial charge on any atom is -0.381 e. The fraction of sp³-hybridized carbons (Fsp3) is 0.821. The number of amides is 12. The molecule has 107 heavy (non-hydrogen) atoms. The largest absolute Gasteiger partial charge is 0.394 e. The summed E-state index contributed by atoms with van der Waals surface area (Å²) in [7, 11) is 13.0. The topological polar surface area (TPSA) is 280 Å². The molecule has 3 aliphatic heterocycles. The van der Waals surface area contributed by atoms with Crippen molar-refractivity contribution in [2.24, 2.45) is 41.4 Å². The minimum absolute atomic E-state index is 0.00438. The van der Waals surface area contributed by atoms with Crippen LogP contribution >= 0.6 is 0 Å². The summed E-state index contributed by atoms with van der Waals surface area (Å²) in [5, 5.41) is 5.86. The van der Waals surface area contributed by atoms with E-state index in [2.05, 4.69) is 17.6 Å². The highest BCUT2D eigenvalue weighted by molar-refractivity contribution is 6.01. The van der Waals surface area contributed by atoms with Crippen LogP contribution in [-0.2, 0) is 67.0 Å². The molecule has 0 aromatic carbocycles. The van der Waals surface area contributed by atoms with Crippen LogP contribution in [0.25, 0.3) is 0 Å². The fourth-order valence-electron chi connectivity index (χ4n) is 17.7. The molecule has 2 N–H and O–H groups in total. The van der Waals surface area contributed by atoms with Crippen LogP contribution in [0.1, 0.15) is 195 Å². The summed E-state index contributed by atoms with van der Waals surface area (Å²) in [6.45, 7) is 8.51. The molecule has 0 aromatic heterocycles. The summed E-state index contributed by atoms with van der Waals surface area (Å²) in [5.74, 6) is -10.3. The number of hydrogen-bond acceptors (Lipinski definition) is 14. The first-order valence-corrected chi connectivity index (χ1v) is 39.7. The van der Waals surface area contributed by atoms with E-state index < -0.39 is 180 Å². The maximum absolute atomic E-state index is 15.7. The highest BCUT2D eigenvalue weighted by Gasteiger charge is 2.57. The number of likely N-dealkylation sites (N-methyl/N-ethyl adjacent to an activating group) is 7. The molecule has 0 aromatic rings. The highest BCUT2D eigenvalue weighted by Crippen LogP contribution is 2.45. The van der Waals surface area contributed by atoms with E-state index in [1.807, 2.05) is 32.9 Å². The van der Waals surface area contributed by atoms with Gasteiger partial charge in [0.2, 0.25) is 70.9 Å². The first kappa shape index (κ1) is 85.7. The predicted molar refractivity (Wildman–Crippen MR) is 393 cm³/mol. The second-order valence-corrected chi connectivity index (χ2v) is 33.0. The van der Waals surface area contributed by atoms with Crippen molar-refractivity contribution >= 4 is 70.9 Å². The number of ether oxygens (including phenoxy) is 2. The van der Waals surface area contributed by atoms with Gasteiger partial charge in [-0.3, -0.25) is 57.5 Å². The molecular weight excluding hydrogens is 1390 g/mol. The van der Waals surface area contributed by atoms with Crippen molar-refractivity contribution in [3.8, 4) is 0 Å². The number of fused-ring (bicyclic) bond motifs is 3. The molecule has 0 radical (unpaired) electrons. The Morgan fingerprint density at radius 3 is 1.93 bits per heavy atom. The van der Waals surface area contributed by atoms with Crippen LogP contribution in [0.3, 0.4) is 0 Å². The smallest absolute Gasteiger partial charge is 0.381 e. The molecule has 26 nitrogen and oxygen atoms in total. The van der Waals surface area contributed by atoms with Crippen LogP contribution in [0.5, 0.6) is 0 Å². The third kappa shape index (κ3) is 20.4. The Labute approximate surface area is 631 Å². The predicted octanol–water partition coefficient (Wildman–Crippen LogP) is 6.02. The van der Waals surface area contributed by atoms with Gasteiger partial charge in [0.15, 0.2) is 0 Å². The second kappa shape index (κ2) is 37.7. The first-order valence-electron chi connectivity index (χ1n) is 39.7. The molecule has 12 amide bonds. The summed E-state index contributed by atoms with van der Waals surface area (Å²) in [4.78, 5) is 197. The number of nitrogens with zero attached hydrogens (tertiary/aromatic N) is 10. The summed E-state index contributed by atoms with van der Waals surface area (Å²) in [6, 6.07) is -10.5. The van der Waals surface area contributed by atoms with E-state index in [0.717, 1.165) is 43.4 Å². The van der Waals surface area contributed by atoms with E-state index in [1.165, 1.54) is 108 Å². The molecule has 1 spiro atoms. The van der Waals surface area contributed by atoms with E-state index >= 15 is 47.9 Å². The lowest BCUT2D eigenvalue weighted by Crippen LogP contribution is -2.68. The lowest BCUT2D eigenvalue weighted by atomic mass is 9.73. The Bertz CT molecular complexity index is 3190.